The highest BCUT2D eigenvalue weighted by Crippen LogP contribution is 2.24. The average molecular weight is 176 g/mol. The van der Waals surface area contributed by atoms with Gasteiger partial charge >= 0.3 is 0 Å². The van der Waals surface area contributed by atoms with E-state index < -0.39 is 0 Å². The Morgan fingerprint density at radius 2 is 2.40 bits per heavy atom. The number of thiophene rings is 1. The second-order valence-electron chi connectivity index (χ2n) is 2.19. The maximum Gasteiger partial charge on any atom is 0.0931 e. The maximum atomic E-state index is 5.75. The van der Waals surface area contributed by atoms with Crippen LogP contribution in [0, 0.1) is 0 Å². The van der Waals surface area contributed by atoms with Crippen LogP contribution in [-0.2, 0) is 0 Å². The molecule has 10 heavy (non-hydrogen) atoms. The van der Waals surface area contributed by atoms with Crippen molar-refractivity contribution >= 4 is 22.9 Å². The van der Waals surface area contributed by atoms with Crippen LogP contribution in [0.25, 0.3) is 0 Å². The number of hydrogen-bond acceptors (Lipinski definition) is 2. The van der Waals surface area contributed by atoms with Crippen molar-refractivity contribution in [2.24, 2.45) is 0 Å². The molecule has 0 spiro atoms. The Morgan fingerprint density at radius 1 is 1.70 bits per heavy atom. The molecule has 0 aliphatic heterocycles. The minimum atomic E-state index is 0.406. The third-order valence-electron chi connectivity index (χ3n) is 1.52. The van der Waals surface area contributed by atoms with Crippen molar-refractivity contribution in [2.45, 2.75) is 13.0 Å². The first-order valence-corrected chi connectivity index (χ1v) is 4.41. The van der Waals surface area contributed by atoms with E-state index in [-0.39, 0.29) is 0 Å². The maximum absolute atomic E-state index is 5.75. The fourth-order valence-corrected chi connectivity index (χ4v) is 1.70. The van der Waals surface area contributed by atoms with Crippen molar-refractivity contribution in [1.29, 1.82) is 0 Å². The van der Waals surface area contributed by atoms with Crippen molar-refractivity contribution < 1.29 is 0 Å². The van der Waals surface area contributed by atoms with E-state index in [1.807, 2.05) is 13.1 Å². The largest absolute Gasteiger partial charge is 0.313 e. The molecule has 0 radical (unpaired) electrons. The van der Waals surface area contributed by atoms with Gasteiger partial charge in [0.05, 0.1) is 4.34 Å². The Bertz CT molecular complexity index is 209. The molecule has 0 bridgehead atoms. The second-order valence-corrected chi connectivity index (χ2v) is 3.74. The average Bonchev–Trinajstić information content (AvgIpc) is 2.34. The molecule has 0 aromatic carbocycles. The molecule has 0 saturated heterocycles. The molecule has 0 aliphatic carbocycles. The van der Waals surface area contributed by atoms with Gasteiger partial charge in [0.25, 0.3) is 0 Å². The SMILES string of the molecule is CNC(C)c1csc(Cl)c1. The summed E-state index contributed by atoms with van der Waals surface area (Å²) in [4.78, 5) is 0. The van der Waals surface area contributed by atoms with Crippen LogP contribution in [0.15, 0.2) is 11.4 Å². The third kappa shape index (κ3) is 1.72. The Hall–Kier alpha value is -0.0500. The predicted octanol–water partition coefficient (Wildman–Crippen LogP) is 2.68. The van der Waals surface area contributed by atoms with E-state index in [0.717, 1.165) is 4.34 Å². The molecule has 1 aromatic heterocycles. The molecule has 1 heterocycles. The van der Waals surface area contributed by atoms with Gasteiger partial charge in [0.15, 0.2) is 0 Å². The minimum Gasteiger partial charge on any atom is -0.313 e. The molecule has 0 amide bonds. The van der Waals surface area contributed by atoms with E-state index in [4.69, 9.17) is 11.6 Å². The lowest BCUT2D eigenvalue weighted by Crippen LogP contribution is -2.10. The monoisotopic (exact) mass is 175 g/mol. The van der Waals surface area contributed by atoms with Gasteiger partial charge in [-0.25, -0.2) is 0 Å². The van der Waals surface area contributed by atoms with Crippen LogP contribution >= 0.6 is 22.9 Å². The van der Waals surface area contributed by atoms with Gasteiger partial charge in [0.2, 0.25) is 0 Å². The van der Waals surface area contributed by atoms with Crippen LogP contribution in [0.1, 0.15) is 18.5 Å². The van der Waals surface area contributed by atoms with Crippen LogP contribution in [0.3, 0.4) is 0 Å². The highest BCUT2D eigenvalue weighted by Gasteiger charge is 2.03. The van der Waals surface area contributed by atoms with Gasteiger partial charge in [-0.2, -0.15) is 0 Å². The van der Waals surface area contributed by atoms with Crippen molar-refractivity contribution in [3.8, 4) is 0 Å². The van der Waals surface area contributed by atoms with Gasteiger partial charge in [0.1, 0.15) is 0 Å². The normalized spacial score (nSPS) is 13.5. The van der Waals surface area contributed by atoms with E-state index in [0.29, 0.717) is 6.04 Å². The summed E-state index contributed by atoms with van der Waals surface area (Å²) in [6.07, 6.45) is 0. The standard InChI is InChI=1S/C7H10ClNS/c1-5(9-2)6-3-7(8)10-4-6/h3-5,9H,1-2H3. The fraction of sp³-hybridized carbons (Fsp3) is 0.429. The smallest absolute Gasteiger partial charge is 0.0931 e. The summed E-state index contributed by atoms with van der Waals surface area (Å²) in [5, 5.41) is 5.22. The van der Waals surface area contributed by atoms with Gasteiger partial charge in [-0.05, 0) is 31.0 Å². The third-order valence-corrected chi connectivity index (χ3v) is 2.63. The number of hydrogen-bond donors (Lipinski definition) is 1. The van der Waals surface area contributed by atoms with Gasteiger partial charge in [0, 0.05) is 6.04 Å². The first-order valence-electron chi connectivity index (χ1n) is 3.15. The van der Waals surface area contributed by atoms with Crippen LogP contribution < -0.4 is 5.32 Å². The summed E-state index contributed by atoms with van der Waals surface area (Å²) in [5.41, 5.74) is 1.26. The molecule has 1 rings (SSSR count). The van der Waals surface area contributed by atoms with Crippen LogP contribution in [0.5, 0.6) is 0 Å². The van der Waals surface area contributed by atoms with E-state index in [1.165, 1.54) is 5.56 Å². The Balaban J connectivity index is 2.74. The van der Waals surface area contributed by atoms with Crippen LogP contribution in [0.4, 0.5) is 0 Å². The molecule has 1 aromatic rings. The summed E-state index contributed by atoms with van der Waals surface area (Å²) in [7, 11) is 1.94. The summed E-state index contributed by atoms with van der Waals surface area (Å²) in [6, 6.07) is 2.40. The molecule has 56 valence electrons. The molecule has 1 atom stereocenters. The van der Waals surface area contributed by atoms with Gasteiger partial charge in [-0.3, -0.25) is 0 Å². The van der Waals surface area contributed by atoms with E-state index >= 15 is 0 Å². The molecule has 0 fully saturated rings. The Morgan fingerprint density at radius 3 is 2.80 bits per heavy atom. The first kappa shape index (κ1) is 8.05. The number of nitrogens with one attached hydrogen (secondary N) is 1. The van der Waals surface area contributed by atoms with Crippen molar-refractivity contribution in [2.75, 3.05) is 7.05 Å². The van der Waals surface area contributed by atoms with Crippen molar-refractivity contribution in [1.82, 2.24) is 5.32 Å². The lowest BCUT2D eigenvalue weighted by molar-refractivity contribution is 0.655. The molecule has 0 aliphatic rings. The quantitative estimate of drug-likeness (QED) is 0.729. The Labute approximate surface area is 70.0 Å². The summed E-state index contributed by atoms with van der Waals surface area (Å²) in [6.45, 7) is 2.11. The van der Waals surface area contributed by atoms with Crippen LogP contribution in [0.2, 0.25) is 4.34 Å². The van der Waals surface area contributed by atoms with Crippen LogP contribution in [-0.4, -0.2) is 7.05 Å². The number of rotatable bonds is 2. The van der Waals surface area contributed by atoms with Gasteiger partial charge in [-0.15, -0.1) is 11.3 Å². The summed E-state index contributed by atoms with van der Waals surface area (Å²) in [5.74, 6) is 0. The predicted molar refractivity (Wildman–Crippen MR) is 46.8 cm³/mol. The van der Waals surface area contributed by atoms with E-state index in [9.17, 15) is 0 Å². The summed E-state index contributed by atoms with van der Waals surface area (Å²) >= 11 is 7.33. The number of halogens is 1. The van der Waals surface area contributed by atoms with Gasteiger partial charge in [-0.1, -0.05) is 11.6 Å². The highest BCUT2D eigenvalue weighted by atomic mass is 35.5. The lowest BCUT2D eigenvalue weighted by Gasteiger charge is -2.05. The summed E-state index contributed by atoms with van der Waals surface area (Å²) < 4.78 is 0.858. The highest BCUT2D eigenvalue weighted by molar-refractivity contribution is 7.14. The van der Waals surface area contributed by atoms with Gasteiger partial charge < -0.3 is 5.32 Å². The zero-order chi connectivity index (χ0) is 7.56. The first-order chi connectivity index (χ1) is 4.74. The molecule has 3 heteroatoms. The topological polar surface area (TPSA) is 12.0 Å². The van der Waals surface area contributed by atoms with Crippen molar-refractivity contribution in [3.05, 3.63) is 21.3 Å². The molecule has 1 unspecified atom stereocenters. The molecule has 0 saturated carbocycles. The minimum absolute atomic E-state index is 0.406. The molecular weight excluding hydrogens is 166 g/mol. The molecule has 1 N–H and O–H groups in total. The zero-order valence-electron chi connectivity index (χ0n) is 6.02. The second kappa shape index (κ2) is 3.37. The van der Waals surface area contributed by atoms with Crippen molar-refractivity contribution in [3.63, 3.8) is 0 Å². The Kier molecular flexibility index (Phi) is 2.72. The molecular formula is C7H10ClNS. The zero-order valence-corrected chi connectivity index (χ0v) is 7.59. The lowest BCUT2D eigenvalue weighted by atomic mass is 10.2. The van der Waals surface area contributed by atoms with E-state index in [2.05, 4.69) is 17.6 Å². The van der Waals surface area contributed by atoms with E-state index in [1.54, 1.807) is 11.3 Å². The molecule has 1 nitrogen and oxygen atoms in total. The fourth-order valence-electron chi connectivity index (χ4n) is 0.717.